The Hall–Kier alpha value is -2.50. The van der Waals surface area contributed by atoms with E-state index < -0.39 is 0 Å². The topological polar surface area (TPSA) is 65.1 Å². The zero-order chi connectivity index (χ0) is 17.9. The van der Waals surface area contributed by atoms with Crippen LogP contribution in [0.1, 0.15) is 20.3 Å². The highest BCUT2D eigenvalue weighted by Crippen LogP contribution is 2.16. The normalized spacial score (nSPS) is 9.83. The second kappa shape index (κ2) is 10.3. The van der Waals surface area contributed by atoms with Crippen LogP contribution >= 0.6 is 0 Å². The molecule has 1 aromatic rings. The fourth-order valence-electron chi connectivity index (χ4n) is 1.94. The molecule has 1 amide bonds. The monoisotopic (exact) mass is 335 g/mol. The first kappa shape index (κ1) is 19.5. The maximum absolute atomic E-state index is 12.2. The fraction of sp³-hybridized carbons (Fsp3) is 0.444. The number of allylic oxidation sites excluding steroid dienone is 1. The predicted octanol–water partition coefficient (Wildman–Crippen LogP) is 2.43. The molecule has 6 heteroatoms. The van der Waals surface area contributed by atoms with Crippen LogP contribution in [0.3, 0.4) is 0 Å². The molecule has 0 aliphatic carbocycles. The largest absolute Gasteiger partial charge is 0.497 e. The summed E-state index contributed by atoms with van der Waals surface area (Å²) in [5, 5.41) is 0. The van der Waals surface area contributed by atoms with Crippen molar-refractivity contribution < 1.29 is 23.8 Å². The van der Waals surface area contributed by atoms with E-state index >= 15 is 0 Å². The molecule has 0 bridgehead atoms. The van der Waals surface area contributed by atoms with Crippen molar-refractivity contribution >= 4 is 11.9 Å². The van der Waals surface area contributed by atoms with E-state index in [1.165, 1.54) is 7.11 Å². The van der Waals surface area contributed by atoms with Gasteiger partial charge in [-0.3, -0.25) is 9.59 Å². The summed E-state index contributed by atoms with van der Waals surface area (Å²) in [6.07, 6.45) is 1.70. The number of hydrogen-bond donors (Lipinski definition) is 0. The minimum atomic E-state index is -0.346. The summed E-state index contributed by atoms with van der Waals surface area (Å²) in [5.41, 5.74) is 0.902. The molecule has 0 atom stereocenters. The molecule has 132 valence electrons. The van der Waals surface area contributed by atoms with Crippen LogP contribution in [0, 0.1) is 0 Å². The Morgan fingerprint density at radius 2 is 1.67 bits per heavy atom. The molecule has 0 aromatic heterocycles. The first-order chi connectivity index (χ1) is 11.5. The molecule has 0 saturated carbocycles. The number of esters is 1. The zero-order valence-electron chi connectivity index (χ0n) is 14.7. The van der Waals surface area contributed by atoms with Crippen molar-refractivity contribution in [1.82, 2.24) is 4.90 Å². The first-order valence-electron chi connectivity index (χ1n) is 7.73. The van der Waals surface area contributed by atoms with E-state index in [-0.39, 0.29) is 18.3 Å². The van der Waals surface area contributed by atoms with Crippen molar-refractivity contribution in [2.24, 2.45) is 0 Å². The van der Waals surface area contributed by atoms with Crippen molar-refractivity contribution in [3.8, 4) is 11.5 Å². The lowest BCUT2D eigenvalue weighted by Gasteiger charge is -2.21. The summed E-state index contributed by atoms with van der Waals surface area (Å²) in [7, 11) is 2.93. The number of rotatable bonds is 9. The number of nitrogens with zero attached hydrogens (tertiary/aromatic N) is 1. The molecule has 24 heavy (non-hydrogen) atoms. The molecule has 0 fully saturated rings. The maximum atomic E-state index is 12.2. The van der Waals surface area contributed by atoms with Crippen molar-refractivity contribution in [1.29, 1.82) is 0 Å². The van der Waals surface area contributed by atoms with Crippen LogP contribution in [0.4, 0.5) is 0 Å². The average molecular weight is 335 g/mol. The summed E-state index contributed by atoms with van der Waals surface area (Å²) in [5.74, 6) is 0.956. The van der Waals surface area contributed by atoms with Gasteiger partial charge in [0.15, 0.2) is 0 Å². The zero-order valence-corrected chi connectivity index (χ0v) is 14.7. The Morgan fingerprint density at radius 3 is 2.21 bits per heavy atom. The van der Waals surface area contributed by atoms with Gasteiger partial charge >= 0.3 is 5.97 Å². The van der Waals surface area contributed by atoms with Gasteiger partial charge in [-0.25, -0.2) is 0 Å². The van der Waals surface area contributed by atoms with Gasteiger partial charge in [0.1, 0.15) is 18.1 Å². The highest BCUT2D eigenvalue weighted by molar-refractivity contribution is 5.88. The van der Waals surface area contributed by atoms with E-state index in [1.807, 2.05) is 13.8 Å². The Bertz CT molecular complexity index is 561. The summed E-state index contributed by atoms with van der Waals surface area (Å²) >= 11 is 0. The van der Waals surface area contributed by atoms with Crippen LogP contribution in [0.15, 0.2) is 35.9 Å². The Balaban J connectivity index is 2.57. The van der Waals surface area contributed by atoms with Gasteiger partial charge in [-0.2, -0.15) is 0 Å². The van der Waals surface area contributed by atoms with Gasteiger partial charge in [-0.05, 0) is 38.1 Å². The molecule has 0 radical (unpaired) electrons. The molecule has 0 heterocycles. The van der Waals surface area contributed by atoms with E-state index in [0.717, 1.165) is 11.3 Å². The number of methoxy groups -OCH3 is 2. The van der Waals surface area contributed by atoms with E-state index in [1.54, 1.807) is 42.4 Å². The third kappa shape index (κ3) is 7.17. The molecule has 0 aliphatic heterocycles. The Morgan fingerprint density at radius 1 is 1.04 bits per heavy atom. The number of hydrogen-bond acceptors (Lipinski definition) is 5. The summed E-state index contributed by atoms with van der Waals surface area (Å²) in [6.45, 7) is 4.71. The molecular weight excluding hydrogens is 310 g/mol. The number of carbonyl (C=O) groups excluding carboxylic acids is 2. The van der Waals surface area contributed by atoms with Crippen LogP contribution in [-0.2, 0) is 14.3 Å². The molecule has 1 aromatic carbocycles. The third-order valence-corrected chi connectivity index (χ3v) is 3.23. The lowest BCUT2D eigenvalue weighted by atomic mass is 10.3. The predicted molar refractivity (Wildman–Crippen MR) is 91.1 cm³/mol. The smallest absolute Gasteiger partial charge is 0.307 e. The lowest BCUT2D eigenvalue weighted by Crippen LogP contribution is -2.35. The van der Waals surface area contributed by atoms with Crippen LogP contribution in [0.25, 0.3) is 0 Å². The van der Waals surface area contributed by atoms with Gasteiger partial charge in [-0.1, -0.05) is 5.57 Å². The van der Waals surface area contributed by atoms with Gasteiger partial charge < -0.3 is 19.1 Å². The maximum Gasteiger partial charge on any atom is 0.307 e. The van der Waals surface area contributed by atoms with Crippen LogP contribution in [0.5, 0.6) is 11.5 Å². The van der Waals surface area contributed by atoms with E-state index in [2.05, 4.69) is 4.74 Å². The van der Waals surface area contributed by atoms with E-state index in [4.69, 9.17) is 9.47 Å². The Labute approximate surface area is 143 Å². The summed E-state index contributed by atoms with van der Waals surface area (Å²) < 4.78 is 15.3. The van der Waals surface area contributed by atoms with Gasteiger partial charge in [0, 0.05) is 12.6 Å². The van der Waals surface area contributed by atoms with Crippen molar-refractivity contribution in [3.05, 3.63) is 35.9 Å². The average Bonchev–Trinajstić information content (AvgIpc) is 2.57. The minimum Gasteiger partial charge on any atom is -0.497 e. The molecule has 0 aliphatic rings. The molecule has 1 rings (SSSR count). The van der Waals surface area contributed by atoms with Crippen molar-refractivity contribution in [3.63, 3.8) is 0 Å². The molecule has 0 saturated heterocycles. The molecule has 0 spiro atoms. The van der Waals surface area contributed by atoms with Gasteiger partial charge in [0.25, 0.3) is 0 Å². The van der Waals surface area contributed by atoms with Gasteiger partial charge in [0.2, 0.25) is 5.91 Å². The lowest BCUT2D eigenvalue weighted by molar-refractivity contribution is -0.141. The molecular formula is C18H25NO5. The molecule has 6 nitrogen and oxygen atoms in total. The van der Waals surface area contributed by atoms with Gasteiger partial charge in [-0.15, -0.1) is 0 Å². The standard InChI is InChI=1S/C18H25NO5/c1-14(2)13-17(20)19(10-9-18(21)23-4)11-12-24-16-7-5-15(22-3)6-8-16/h5-8,13H,9-12H2,1-4H3. The van der Waals surface area contributed by atoms with Crippen molar-refractivity contribution in [2.45, 2.75) is 20.3 Å². The second-order valence-electron chi connectivity index (χ2n) is 5.40. The van der Waals surface area contributed by atoms with Crippen molar-refractivity contribution in [2.75, 3.05) is 33.9 Å². The molecule has 0 N–H and O–H groups in total. The second-order valence-corrected chi connectivity index (χ2v) is 5.40. The SMILES string of the molecule is COC(=O)CCN(CCOc1ccc(OC)cc1)C(=O)C=C(C)C. The van der Waals surface area contributed by atoms with Crippen LogP contribution < -0.4 is 9.47 Å². The number of carbonyl (C=O) groups is 2. The highest BCUT2D eigenvalue weighted by Gasteiger charge is 2.13. The highest BCUT2D eigenvalue weighted by atomic mass is 16.5. The molecule has 0 unspecified atom stereocenters. The van der Waals surface area contributed by atoms with Crippen LogP contribution in [0.2, 0.25) is 0 Å². The quantitative estimate of drug-likeness (QED) is 0.512. The summed E-state index contributed by atoms with van der Waals surface area (Å²) in [6, 6.07) is 7.21. The number of ether oxygens (including phenoxy) is 3. The van der Waals surface area contributed by atoms with E-state index in [9.17, 15) is 9.59 Å². The van der Waals surface area contributed by atoms with E-state index in [0.29, 0.717) is 25.4 Å². The number of benzene rings is 1. The number of amides is 1. The van der Waals surface area contributed by atoms with Gasteiger partial charge in [0.05, 0.1) is 27.2 Å². The Kier molecular flexibility index (Phi) is 8.39. The van der Waals surface area contributed by atoms with Crippen LogP contribution in [-0.4, -0.2) is 50.7 Å². The first-order valence-corrected chi connectivity index (χ1v) is 7.73. The summed E-state index contributed by atoms with van der Waals surface area (Å²) in [4.78, 5) is 25.1. The fourth-order valence-corrected chi connectivity index (χ4v) is 1.94. The minimum absolute atomic E-state index is 0.141. The third-order valence-electron chi connectivity index (χ3n) is 3.23.